The second kappa shape index (κ2) is 6.91. The molecule has 20 heavy (non-hydrogen) atoms. The lowest BCUT2D eigenvalue weighted by Gasteiger charge is -2.07. The Morgan fingerprint density at radius 1 is 1.40 bits per heavy atom. The molecule has 0 aliphatic heterocycles. The van der Waals surface area contributed by atoms with E-state index < -0.39 is 4.92 Å². The number of rotatable bonds is 7. The summed E-state index contributed by atoms with van der Waals surface area (Å²) >= 11 is 5.76. The summed E-state index contributed by atoms with van der Waals surface area (Å²) in [6.45, 7) is 1.57. The van der Waals surface area contributed by atoms with Crippen LogP contribution in [0.4, 0.5) is 11.4 Å². The number of nitrogens with zero attached hydrogens (tertiary/aromatic N) is 3. The Labute approximate surface area is 121 Å². The van der Waals surface area contributed by atoms with Crippen LogP contribution in [0.3, 0.4) is 0 Å². The number of nitro benzene ring substituents is 1. The third-order valence-corrected chi connectivity index (χ3v) is 3.11. The minimum absolute atomic E-state index is 0.00658. The summed E-state index contributed by atoms with van der Waals surface area (Å²) in [7, 11) is 0. The van der Waals surface area contributed by atoms with Gasteiger partial charge in [0.2, 0.25) is 0 Å². The number of hydrogen-bond donors (Lipinski definition) is 1. The minimum Gasteiger partial charge on any atom is -0.379 e. The average molecular weight is 295 g/mol. The first-order valence-electron chi connectivity index (χ1n) is 6.30. The quantitative estimate of drug-likeness (QED) is 0.483. The minimum atomic E-state index is -0.431. The lowest BCUT2D eigenvalue weighted by molar-refractivity contribution is -0.383. The van der Waals surface area contributed by atoms with E-state index in [0.29, 0.717) is 17.3 Å². The van der Waals surface area contributed by atoms with Gasteiger partial charge in [-0.05, 0) is 25.0 Å². The van der Waals surface area contributed by atoms with Crippen molar-refractivity contribution in [3.8, 4) is 0 Å². The molecule has 1 heterocycles. The number of benzene rings is 1. The summed E-state index contributed by atoms with van der Waals surface area (Å²) < 4.78 is 2.00. The van der Waals surface area contributed by atoms with Gasteiger partial charge >= 0.3 is 0 Å². The topological polar surface area (TPSA) is 73.0 Å². The number of hydrogen-bond acceptors (Lipinski definition) is 4. The SMILES string of the molecule is O=[N+]([O-])c1cc(Cl)ccc1NCCCCn1ccnc1. The van der Waals surface area contributed by atoms with Crippen molar-refractivity contribution in [2.24, 2.45) is 0 Å². The van der Waals surface area contributed by atoms with Gasteiger partial charge in [-0.1, -0.05) is 11.6 Å². The number of unbranched alkanes of at least 4 members (excludes halogenated alkanes) is 1. The van der Waals surface area contributed by atoms with Crippen LogP contribution in [0.25, 0.3) is 0 Å². The van der Waals surface area contributed by atoms with Crippen molar-refractivity contribution in [2.75, 3.05) is 11.9 Å². The first-order chi connectivity index (χ1) is 9.66. The highest BCUT2D eigenvalue weighted by Crippen LogP contribution is 2.27. The van der Waals surface area contributed by atoms with Crippen molar-refractivity contribution < 1.29 is 4.92 Å². The molecule has 0 atom stereocenters. The second-order valence-corrected chi connectivity index (χ2v) is 4.79. The Balaban J connectivity index is 1.80. The van der Waals surface area contributed by atoms with Crippen LogP contribution in [-0.4, -0.2) is 21.0 Å². The van der Waals surface area contributed by atoms with E-state index in [1.165, 1.54) is 6.07 Å². The maximum atomic E-state index is 10.9. The van der Waals surface area contributed by atoms with Gasteiger partial charge in [0.25, 0.3) is 5.69 Å². The zero-order valence-corrected chi connectivity index (χ0v) is 11.6. The van der Waals surface area contributed by atoms with E-state index in [4.69, 9.17) is 11.6 Å². The van der Waals surface area contributed by atoms with Crippen LogP contribution in [0.5, 0.6) is 0 Å². The van der Waals surface area contributed by atoms with Crippen molar-refractivity contribution in [3.05, 3.63) is 52.1 Å². The van der Waals surface area contributed by atoms with Crippen LogP contribution in [-0.2, 0) is 6.54 Å². The molecule has 1 N–H and O–H groups in total. The van der Waals surface area contributed by atoms with Gasteiger partial charge < -0.3 is 9.88 Å². The maximum Gasteiger partial charge on any atom is 0.293 e. The number of anilines is 1. The molecular weight excluding hydrogens is 280 g/mol. The van der Waals surface area contributed by atoms with E-state index in [1.807, 2.05) is 10.8 Å². The maximum absolute atomic E-state index is 10.9. The van der Waals surface area contributed by atoms with E-state index >= 15 is 0 Å². The number of imidazole rings is 1. The molecule has 1 aromatic heterocycles. The van der Waals surface area contributed by atoms with Crippen molar-refractivity contribution in [1.82, 2.24) is 9.55 Å². The highest BCUT2D eigenvalue weighted by molar-refractivity contribution is 6.30. The Morgan fingerprint density at radius 2 is 2.25 bits per heavy atom. The normalized spacial score (nSPS) is 10.4. The fourth-order valence-electron chi connectivity index (χ4n) is 1.87. The molecule has 0 aliphatic carbocycles. The summed E-state index contributed by atoms with van der Waals surface area (Å²) in [6.07, 6.45) is 7.33. The fraction of sp³-hybridized carbons (Fsp3) is 0.308. The number of aromatic nitrogens is 2. The number of halogens is 1. The summed E-state index contributed by atoms with van der Waals surface area (Å²) in [4.78, 5) is 14.5. The molecule has 106 valence electrons. The van der Waals surface area contributed by atoms with Crippen LogP contribution in [0.1, 0.15) is 12.8 Å². The van der Waals surface area contributed by atoms with Gasteiger partial charge in [0.05, 0.1) is 11.3 Å². The van der Waals surface area contributed by atoms with Crippen molar-refractivity contribution in [1.29, 1.82) is 0 Å². The standard InChI is InChI=1S/C13H15ClN4O2/c14-11-3-4-12(13(9-11)18(19)20)16-5-1-2-7-17-8-6-15-10-17/h3-4,6,8-10,16H,1-2,5,7H2. The lowest BCUT2D eigenvalue weighted by atomic mass is 10.2. The lowest BCUT2D eigenvalue weighted by Crippen LogP contribution is -2.05. The van der Waals surface area contributed by atoms with Gasteiger partial charge in [0.15, 0.2) is 0 Å². The summed E-state index contributed by atoms with van der Waals surface area (Å²) in [6, 6.07) is 4.63. The van der Waals surface area contributed by atoms with Crippen LogP contribution in [0.2, 0.25) is 5.02 Å². The van der Waals surface area contributed by atoms with Gasteiger partial charge in [0.1, 0.15) is 5.69 Å². The van der Waals surface area contributed by atoms with E-state index in [1.54, 1.807) is 24.7 Å². The van der Waals surface area contributed by atoms with Gasteiger partial charge in [-0.25, -0.2) is 4.98 Å². The molecule has 1 aromatic carbocycles. The number of nitrogens with one attached hydrogen (secondary N) is 1. The smallest absolute Gasteiger partial charge is 0.293 e. The molecule has 0 bridgehead atoms. The molecule has 2 aromatic rings. The monoisotopic (exact) mass is 294 g/mol. The zero-order valence-electron chi connectivity index (χ0n) is 10.8. The first-order valence-corrected chi connectivity index (χ1v) is 6.68. The van der Waals surface area contributed by atoms with Crippen LogP contribution in [0.15, 0.2) is 36.9 Å². The molecule has 7 heteroatoms. The summed E-state index contributed by atoms with van der Waals surface area (Å²) in [5, 5.41) is 14.4. The van der Waals surface area contributed by atoms with Gasteiger partial charge in [-0.2, -0.15) is 0 Å². The Hall–Kier alpha value is -2.08. The molecule has 0 fully saturated rings. The third kappa shape index (κ3) is 3.96. The van der Waals surface area contributed by atoms with E-state index in [2.05, 4.69) is 10.3 Å². The molecular formula is C13H15ClN4O2. The predicted molar refractivity (Wildman–Crippen MR) is 78.1 cm³/mol. The molecule has 0 amide bonds. The van der Waals surface area contributed by atoms with Gasteiger partial charge in [0, 0.05) is 36.6 Å². The van der Waals surface area contributed by atoms with Crippen LogP contribution in [0, 0.1) is 10.1 Å². The molecule has 0 aliphatic rings. The molecule has 2 rings (SSSR count). The first kappa shape index (κ1) is 14.3. The van der Waals surface area contributed by atoms with Crippen molar-refractivity contribution in [2.45, 2.75) is 19.4 Å². The number of aryl methyl sites for hydroxylation is 1. The van der Waals surface area contributed by atoms with Gasteiger partial charge in [-0.15, -0.1) is 0 Å². The molecule has 6 nitrogen and oxygen atoms in total. The van der Waals surface area contributed by atoms with Crippen LogP contribution < -0.4 is 5.32 Å². The van der Waals surface area contributed by atoms with E-state index in [0.717, 1.165) is 19.4 Å². The third-order valence-electron chi connectivity index (χ3n) is 2.87. The fourth-order valence-corrected chi connectivity index (χ4v) is 2.03. The summed E-state index contributed by atoms with van der Waals surface area (Å²) in [5.74, 6) is 0. The zero-order chi connectivity index (χ0) is 14.4. The predicted octanol–water partition coefficient (Wildman–Crippen LogP) is 3.34. The highest BCUT2D eigenvalue weighted by atomic mass is 35.5. The van der Waals surface area contributed by atoms with Crippen LogP contribution >= 0.6 is 11.6 Å². The molecule has 0 radical (unpaired) electrons. The number of nitro groups is 1. The van der Waals surface area contributed by atoms with Crippen molar-refractivity contribution in [3.63, 3.8) is 0 Å². The van der Waals surface area contributed by atoms with E-state index in [-0.39, 0.29) is 5.69 Å². The Morgan fingerprint density at radius 3 is 2.95 bits per heavy atom. The summed E-state index contributed by atoms with van der Waals surface area (Å²) in [5.41, 5.74) is 0.508. The molecule has 0 saturated carbocycles. The Kier molecular flexibility index (Phi) is 4.95. The highest BCUT2D eigenvalue weighted by Gasteiger charge is 2.13. The largest absolute Gasteiger partial charge is 0.379 e. The van der Waals surface area contributed by atoms with Crippen molar-refractivity contribution >= 4 is 23.0 Å². The second-order valence-electron chi connectivity index (χ2n) is 4.35. The molecule has 0 unspecified atom stereocenters. The molecule has 0 saturated heterocycles. The average Bonchev–Trinajstić information content (AvgIpc) is 2.92. The Bertz CT molecular complexity index is 572. The molecule has 0 spiro atoms. The van der Waals surface area contributed by atoms with E-state index in [9.17, 15) is 10.1 Å². The van der Waals surface area contributed by atoms with Gasteiger partial charge in [-0.3, -0.25) is 10.1 Å².